The molecule has 5 nitrogen and oxygen atoms in total. The smallest absolute Gasteiger partial charge is 0.0897 e. The van der Waals surface area contributed by atoms with Crippen molar-refractivity contribution < 1.29 is 19.7 Å². The van der Waals surface area contributed by atoms with Gasteiger partial charge in [0.2, 0.25) is 0 Å². The van der Waals surface area contributed by atoms with E-state index in [9.17, 15) is 10.2 Å². The normalized spacial score (nSPS) is 24.1. The number of rotatable bonds is 12. The molecule has 1 aliphatic carbocycles. The third-order valence-electron chi connectivity index (χ3n) is 3.95. The summed E-state index contributed by atoms with van der Waals surface area (Å²) in [7, 11) is 0. The molecule has 1 atom stereocenters. The highest BCUT2D eigenvalue weighted by atomic mass is 16.5. The van der Waals surface area contributed by atoms with Crippen molar-refractivity contribution in [2.24, 2.45) is 5.92 Å². The van der Waals surface area contributed by atoms with Gasteiger partial charge in [-0.25, -0.2) is 0 Å². The van der Waals surface area contributed by atoms with Crippen molar-refractivity contribution in [3.8, 4) is 0 Å². The lowest BCUT2D eigenvalue weighted by Crippen LogP contribution is -2.35. The molecule has 1 aliphatic rings. The van der Waals surface area contributed by atoms with Gasteiger partial charge in [0.05, 0.1) is 32.0 Å². The average molecular weight is 303 g/mol. The number of aliphatic hydroxyl groups is 2. The molecule has 1 saturated carbocycles. The van der Waals surface area contributed by atoms with Crippen LogP contribution in [0.3, 0.4) is 0 Å². The number of hydrogen-bond donors (Lipinski definition) is 3. The van der Waals surface area contributed by atoms with Crippen molar-refractivity contribution in [1.29, 1.82) is 0 Å². The minimum Gasteiger partial charge on any atom is -0.393 e. The Morgan fingerprint density at radius 3 is 2.52 bits per heavy atom. The van der Waals surface area contributed by atoms with Crippen molar-refractivity contribution in [1.82, 2.24) is 5.32 Å². The van der Waals surface area contributed by atoms with Gasteiger partial charge in [-0.2, -0.15) is 0 Å². The predicted molar refractivity (Wildman–Crippen MR) is 83.4 cm³/mol. The van der Waals surface area contributed by atoms with E-state index in [1.807, 2.05) is 0 Å². The van der Waals surface area contributed by atoms with Crippen LogP contribution in [0.5, 0.6) is 0 Å². The molecule has 0 aromatic heterocycles. The fourth-order valence-electron chi connectivity index (χ4n) is 2.55. The monoisotopic (exact) mass is 303 g/mol. The average Bonchev–Trinajstić information content (AvgIpc) is 2.48. The topological polar surface area (TPSA) is 71.0 Å². The van der Waals surface area contributed by atoms with Crippen LogP contribution in [0.2, 0.25) is 0 Å². The molecule has 21 heavy (non-hydrogen) atoms. The van der Waals surface area contributed by atoms with E-state index in [-0.39, 0.29) is 6.10 Å². The molecular formula is C16H33NO4. The highest BCUT2D eigenvalue weighted by Crippen LogP contribution is 2.23. The Morgan fingerprint density at radius 1 is 1.10 bits per heavy atom. The molecule has 0 heterocycles. The molecule has 0 spiro atoms. The van der Waals surface area contributed by atoms with Gasteiger partial charge >= 0.3 is 0 Å². The van der Waals surface area contributed by atoms with Gasteiger partial charge < -0.3 is 25.0 Å². The van der Waals surface area contributed by atoms with E-state index in [4.69, 9.17) is 9.47 Å². The number of ether oxygens (including phenoxy) is 2. The maximum atomic E-state index is 9.79. The second-order valence-corrected chi connectivity index (χ2v) is 6.03. The molecule has 0 aromatic carbocycles. The first-order valence-electron chi connectivity index (χ1n) is 8.44. The first kappa shape index (κ1) is 18.8. The van der Waals surface area contributed by atoms with E-state index in [1.54, 1.807) is 0 Å². The first-order chi connectivity index (χ1) is 10.2. The van der Waals surface area contributed by atoms with E-state index in [0.717, 1.165) is 51.7 Å². The molecule has 0 saturated heterocycles. The molecule has 5 heteroatoms. The minimum absolute atomic E-state index is 0.0974. The lowest BCUT2D eigenvalue weighted by atomic mass is 9.87. The van der Waals surface area contributed by atoms with Crippen LogP contribution in [-0.4, -0.2) is 61.9 Å². The van der Waals surface area contributed by atoms with Crippen molar-refractivity contribution >= 4 is 0 Å². The summed E-state index contributed by atoms with van der Waals surface area (Å²) in [5.41, 5.74) is 0. The molecule has 126 valence electrons. The van der Waals surface area contributed by atoms with Crippen LogP contribution >= 0.6 is 0 Å². The summed E-state index contributed by atoms with van der Waals surface area (Å²) in [5.74, 6) is 0.633. The van der Waals surface area contributed by atoms with Crippen molar-refractivity contribution in [3.05, 3.63) is 0 Å². The molecule has 0 aromatic rings. The summed E-state index contributed by atoms with van der Waals surface area (Å²) < 4.78 is 10.8. The number of unbranched alkanes of at least 4 members (excludes halogenated alkanes) is 1. The third-order valence-corrected chi connectivity index (χ3v) is 3.95. The lowest BCUT2D eigenvalue weighted by Gasteiger charge is -2.25. The summed E-state index contributed by atoms with van der Waals surface area (Å²) in [5, 5.41) is 22.5. The second-order valence-electron chi connectivity index (χ2n) is 6.03. The summed E-state index contributed by atoms with van der Waals surface area (Å²) in [6.45, 7) is 5.91. The van der Waals surface area contributed by atoms with Crippen LogP contribution in [0.25, 0.3) is 0 Å². The number of aliphatic hydroxyl groups excluding tert-OH is 2. The Balaban J connectivity index is 1.86. The molecule has 1 fully saturated rings. The Bertz CT molecular complexity index is 232. The highest BCUT2D eigenvalue weighted by molar-refractivity contribution is 4.73. The Hall–Kier alpha value is -0.200. The summed E-state index contributed by atoms with van der Waals surface area (Å²) in [6.07, 6.45) is 5.66. The van der Waals surface area contributed by atoms with Crippen molar-refractivity contribution in [2.45, 2.75) is 57.7 Å². The standard InChI is InChI=1S/C16H33NO4/c1-2-3-8-20-9-10-21-13-16(19)12-17-11-14-4-6-15(18)7-5-14/h14-19H,2-13H2,1H3. The second kappa shape index (κ2) is 12.4. The molecule has 1 rings (SSSR count). The van der Waals surface area contributed by atoms with Gasteiger partial charge in [-0.05, 0) is 44.6 Å². The zero-order valence-corrected chi connectivity index (χ0v) is 13.4. The molecule has 1 unspecified atom stereocenters. The Kier molecular flexibility index (Phi) is 11.1. The zero-order valence-electron chi connectivity index (χ0n) is 13.4. The van der Waals surface area contributed by atoms with Crippen LogP contribution in [0.15, 0.2) is 0 Å². The van der Waals surface area contributed by atoms with E-state index >= 15 is 0 Å². The number of hydrogen-bond acceptors (Lipinski definition) is 5. The van der Waals surface area contributed by atoms with E-state index in [2.05, 4.69) is 12.2 Å². The molecule has 0 amide bonds. The Morgan fingerprint density at radius 2 is 1.81 bits per heavy atom. The van der Waals surface area contributed by atoms with Crippen LogP contribution in [0.1, 0.15) is 45.4 Å². The van der Waals surface area contributed by atoms with Gasteiger partial charge in [0.15, 0.2) is 0 Å². The van der Waals surface area contributed by atoms with Crippen LogP contribution in [0.4, 0.5) is 0 Å². The van der Waals surface area contributed by atoms with Gasteiger partial charge in [0.1, 0.15) is 0 Å². The van der Waals surface area contributed by atoms with Crippen LogP contribution < -0.4 is 5.32 Å². The fraction of sp³-hybridized carbons (Fsp3) is 1.00. The fourth-order valence-corrected chi connectivity index (χ4v) is 2.55. The van der Waals surface area contributed by atoms with Gasteiger partial charge in [0, 0.05) is 13.2 Å². The van der Waals surface area contributed by atoms with E-state index < -0.39 is 6.10 Å². The summed E-state index contributed by atoms with van der Waals surface area (Å²) in [6, 6.07) is 0. The lowest BCUT2D eigenvalue weighted by molar-refractivity contribution is 0.00346. The van der Waals surface area contributed by atoms with Crippen LogP contribution in [0, 0.1) is 5.92 Å². The molecule has 0 bridgehead atoms. The van der Waals surface area contributed by atoms with Gasteiger partial charge in [-0.1, -0.05) is 13.3 Å². The third kappa shape index (κ3) is 10.2. The first-order valence-corrected chi connectivity index (χ1v) is 8.44. The SMILES string of the molecule is CCCCOCCOCC(O)CNCC1CCC(O)CC1. The Labute approximate surface area is 129 Å². The number of nitrogens with one attached hydrogen (secondary N) is 1. The molecule has 0 radical (unpaired) electrons. The largest absolute Gasteiger partial charge is 0.393 e. The van der Waals surface area contributed by atoms with E-state index in [1.165, 1.54) is 0 Å². The van der Waals surface area contributed by atoms with Crippen molar-refractivity contribution in [3.63, 3.8) is 0 Å². The molecule has 0 aliphatic heterocycles. The van der Waals surface area contributed by atoms with Crippen LogP contribution in [-0.2, 0) is 9.47 Å². The van der Waals surface area contributed by atoms with E-state index in [0.29, 0.717) is 32.3 Å². The maximum absolute atomic E-state index is 9.79. The predicted octanol–water partition coefficient (Wildman–Crippen LogP) is 1.32. The quantitative estimate of drug-likeness (QED) is 0.474. The molecular weight excluding hydrogens is 270 g/mol. The van der Waals surface area contributed by atoms with Gasteiger partial charge in [-0.15, -0.1) is 0 Å². The zero-order chi connectivity index (χ0) is 15.3. The summed E-state index contributed by atoms with van der Waals surface area (Å²) >= 11 is 0. The van der Waals surface area contributed by atoms with Crippen molar-refractivity contribution in [2.75, 3.05) is 39.5 Å². The summed E-state index contributed by atoms with van der Waals surface area (Å²) in [4.78, 5) is 0. The molecule has 3 N–H and O–H groups in total. The highest BCUT2D eigenvalue weighted by Gasteiger charge is 2.19. The minimum atomic E-state index is -0.463. The van der Waals surface area contributed by atoms with Gasteiger partial charge in [0.25, 0.3) is 0 Å². The maximum Gasteiger partial charge on any atom is 0.0897 e. The van der Waals surface area contributed by atoms with Gasteiger partial charge in [-0.3, -0.25) is 0 Å².